The molecule has 1 aromatic heterocycles. The minimum atomic E-state index is -0.330. The number of rotatable bonds is 3. The summed E-state index contributed by atoms with van der Waals surface area (Å²) >= 11 is 0. The molecule has 0 aliphatic heterocycles. The average molecular weight is 280 g/mol. The van der Waals surface area contributed by atoms with Crippen molar-refractivity contribution in [3.05, 3.63) is 75.5 Å². The fourth-order valence-corrected chi connectivity index (χ4v) is 2.86. The number of non-ortho nitro benzene ring substituents is 1. The number of hydrogen-bond donors (Lipinski definition) is 0. The van der Waals surface area contributed by atoms with Gasteiger partial charge in [0.1, 0.15) is 0 Å². The Morgan fingerprint density at radius 1 is 1.10 bits per heavy atom. The highest BCUT2D eigenvalue weighted by Gasteiger charge is 2.13. The van der Waals surface area contributed by atoms with E-state index in [2.05, 4.69) is 36.6 Å². The van der Waals surface area contributed by atoms with Gasteiger partial charge < -0.3 is 4.57 Å². The van der Waals surface area contributed by atoms with Gasteiger partial charge in [-0.15, -0.1) is 0 Å². The first-order valence-corrected chi connectivity index (χ1v) is 6.84. The molecule has 0 N–H and O–H groups in total. The van der Waals surface area contributed by atoms with Gasteiger partial charge in [-0.2, -0.15) is 0 Å². The summed E-state index contributed by atoms with van der Waals surface area (Å²) < 4.78 is 2.05. The zero-order chi connectivity index (χ0) is 15.0. The van der Waals surface area contributed by atoms with Crippen molar-refractivity contribution >= 4 is 16.6 Å². The van der Waals surface area contributed by atoms with Crippen LogP contribution in [0.5, 0.6) is 0 Å². The zero-order valence-corrected chi connectivity index (χ0v) is 12.0. The molecule has 3 rings (SSSR count). The number of nitrogens with zero attached hydrogens (tertiary/aromatic N) is 2. The third kappa shape index (κ3) is 2.52. The summed E-state index contributed by atoms with van der Waals surface area (Å²) in [5, 5.41) is 11.8. The van der Waals surface area contributed by atoms with Crippen molar-refractivity contribution in [2.75, 3.05) is 0 Å². The summed E-state index contributed by atoms with van der Waals surface area (Å²) in [5.41, 5.74) is 4.71. The highest BCUT2D eigenvalue weighted by Crippen LogP contribution is 2.27. The molecule has 0 spiro atoms. The molecule has 106 valence electrons. The highest BCUT2D eigenvalue weighted by atomic mass is 16.6. The minimum Gasteiger partial charge on any atom is -0.343 e. The highest BCUT2D eigenvalue weighted by molar-refractivity contribution is 5.89. The number of benzene rings is 2. The fourth-order valence-electron chi connectivity index (χ4n) is 2.86. The molecule has 0 fully saturated rings. The molecule has 2 aromatic carbocycles. The van der Waals surface area contributed by atoms with E-state index < -0.39 is 0 Å². The minimum absolute atomic E-state index is 0.159. The largest absolute Gasteiger partial charge is 0.343 e. The van der Waals surface area contributed by atoms with Gasteiger partial charge in [0, 0.05) is 18.8 Å². The summed E-state index contributed by atoms with van der Waals surface area (Å²) in [6, 6.07) is 13.5. The van der Waals surface area contributed by atoms with Crippen LogP contribution in [0, 0.1) is 24.0 Å². The number of aryl methyl sites for hydroxylation is 2. The van der Waals surface area contributed by atoms with Crippen molar-refractivity contribution in [2.45, 2.75) is 20.4 Å². The van der Waals surface area contributed by atoms with Gasteiger partial charge in [0.25, 0.3) is 5.69 Å². The first kappa shape index (κ1) is 13.4. The van der Waals surface area contributed by atoms with Crippen LogP contribution in [0.15, 0.2) is 48.7 Å². The second-order valence-electron chi connectivity index (χ2n) is 5.41. The Morgan fingerprint density at radius 2 is 1.81 bits per heavy atom. The molecule has 0 unspecified atom stereocenters. The molecule has 4 heteroatoms. The van der Waals surface area contributed by atoms with E-state index in [0.717, 1.165) is 5.52 Å². The van der Waals surface area contributed by atoms with Crippen LogP contribution in [0.25, 0.3) is 10.9 Å². The third-order valence-electron chi connectivity index (χ3n) is 3.62. The van der Waals surface area contributed by atoms with Gasteiger partial charge in [0.2, 0.25) is 0 Å². The lowest BCUT2D eigenvalue weighted by Gasteiger charge is -2.08. The zero-order valence-electron chi connectivity index (χ0n) is 12.0. The quantitative estimate of drug-likeness (QED) is 0.533. The summed E-state index contributed by atoms with van der Waals surface area (Å²) in [4.78, 5) is 10.7. The van der Waals surface area contributed by atoms with E-state index in [-0.39, 0.29) is 10.6 Å². The predicted molar refractivity (Wildman–Crippen MR) is 83.6 cm³/mol. The molecular formula is C17H16N2O2. The van der Waals surface area contributed by atoms with E-state index in [1.54, 1.807) is 12.1 Å². The fraction of sp³-hybridized carbons (Fsp3) is 0.176. The summed E-state index contributed by atoms with van der Waals surface area (Å²) in [7, 11) is 0. The van der Waals surface area contributed by atoms with Crippen molar-refractivity contribution in [3.63, 3.8) is 0 Å². The Kier molecular flexibility index (Phi) is 3.22. The lowest BCUT2D eigenvalue weighted by atomic mass is 10.1. The van der Waals surface area contributed by atoms with E-state index in [9.17, 15) is 10.1 Å². The SMILES string of the molecule is Cc1cc(C)cc(Cn2ccc3c([N+](=O)[O-])cccc32)c1. The Morgan fingerprint density at radius 3 is 2.48 bits per heavy atom. The van der Waals surface area contributed by atoms with Crippen molar-refractivity contribution in [2.24, 2.45) is 0 Å². The number of nitro benzene ring substituents is 1. The van der Waals surface area contributed by atoms with Crippen molar-refractivity contribution in [1.82, 2.24) is 4.57 Å². The third-order valence-corrected chi connectivity index (χ3v) is 3.62. The van der Waals surface area contributed by atoms with Gasteiger partial charge in [0.15, 0.2) is 0 Å². The maximum absolute atomic E-state index is 11.1. The van der Waals surface area contributed by atoms with Crippen molar-refractivity contribution in [3.8, 4) is 0 Å². The predicted octanol–water partition coefficient (Wildman–Crippen LogP) is 4.21. The number of aromatic nitrogens is 1. The van der Waals surface area contributed by atoms with E-state index in [4.69, 9.17) is 0 Å². The van der Waals surface area contributed by atoms with Crippen LogP contribution in [-0.4, -0.2) is 9.49 Å². The molecule has 4 nitrogen and oxygen atoms in total. The second kappa shape index (κ2) is 5.05. The molecule has 0 saturated carbocycles. The van der Waals surface area contributed by atoms with Crippen molar-refractivity contribution < 1.29 is 4.92 Å². The molecule has 21 heavy (non-hydrogen) atoms. The summed E-state index contributed by atoms with van der Waals surface area (Å²) in [6.07, 6.45) is 1.91. The smallest absolute Gasteiger partial charge is 0.278 e. The van der Waals surface area contributed by atoms with Crippen LogP contribution < -0.4 is 0 Å². The van der Waals surface area contributed by atoms with Crippen LogP contribution >= 0.6 is 0 Å². The Balaban J connectivity index is 2.05. The van der Waals surface area contributed by atoms with Crippen molar-refractivity contribution in [1.29, 1.82) is 0 Å². The maximum atomic E-state index is 11.1. The molecule has 0 aliphatic carbocycles. The molecule has 0 bridgehead atoms. The molecular weight excluding hydrogens is 264 g/mol. The first-order chi connectivity index (χ1) is 10.0. The summed E-state index contributed by atoms with van der Waals surface area (Å²) in [6.45, 7) is 4.87. The molecule has 0 radical (unpaired) electrons. The van der Waals surface area contributed by atoms with Gasteiger partial charge in [-0.1, -0.05) is 35.4 Å². The summed E-state index contributed by atoms with van der Waals surface area (Å²) in [5.74, 6) is 0. The Bertz CT molecular complexity index is 814. The van der Waals surface area contributed by atoms with Crippen LogP contribution in [0.3, 0.4) is 0 Å². The standard InChI is InChI=1S/C17H16N2O2/c1-12-8-13(2)10-14(9-12)11-18-7-6-15-16(18)4-3-5-17(15)19(20)21/h3-10H,11H2,1-2H3. The molecule has 0 amide bonds. The van der Waals surface area contributed by atoms with E-state index in [1.165, 1.54) is 16.7 Å². The molecule has 0 atom stereocenters. The van der Waals surface area contributed by atoms with E-state index in [1.807, 2.05) is 18.3 Å². The molecule has 1 heterocycles. The van der Waals surface area contributed by atoms with Gasteiger partial charge in [0.05, 0.1) is 15.8 Å². The number of nitro groups is 1. The van der Waals surface area contributed by atoms with Gasteiger partial charge >= 0.3 is 0 Å². The second-order valence-corrected chi connectivity index (χ2v) is 5.41. The van der Waals surface area contributed by atoms with Crippen LogP contribution in [0.1, 0.15) is 16.7 Å². The Hall–Kier alpha value is -2.62. The topological polar surface area (TPSA) is 48.1 Å². The van der Waals surface area contributed by atoms with Crippen LogP contribution in [0.2, 0.25) is 0 Å². The maximum Gasteiger partial charge on any atom is 0.278 e. The number of hydrogen-bond acceptors (Lipinski definition) is 2. The van der Waals surface area contributed by atoms with Gasteiger partial charge in [-0.3, -0.25) is 10.1 Å². The van der Waals surface area contributed by atoms with Gasteiger partial charge in [-0.25, -0.2) is 0 Å². The van der Waals surface area contributed by atoms with Crippen LogP contribution in [-0.2, 0) is 6.54 Å². The molecule has 0 aliphatic rings. The lowest BCUT2D eigenvalue weighted by molar-refractivity contribution is -0.383. The lowest BCUT2D eigenvalue weighted by Crippen LogP contribution is -1.99. The monoisotopic (exact) mass is 280 g/mol. The van der Waals surface area contributed by atoms with E-state index in [0.29, 0.717) is 11.9 Å². The van der Waals surface area contributed by atoms with Crippen LogP contribution in [0.4, 0.5) is 5.69 Å². The first-order valence-electron chi connectivity index (χ1n) is 6.84. The molecule has 3 aromatic rings. The number of fused-ring (bicyclic) bond motifs is 1. The normalized spacial score (nSPS) is 11.0. The van der Waals surface area contributed by atoms with E-state index >= 15 is 0 Å². The molecule has 0 saturated heterocycles. The average Bonchev–Trinajstić information content (AvgIpc) is 2.80. The van der Waals surface area contributed by atoms with Gasteiger partial charge in [-0.05, 0) is 31.5 Å². The Labute approximate surface area is 122 Å².